The van der Waals surface area contributed by atoms with Gasteiger partial charge in [-0.25, -0.2) is 4.79 Å². The van der Waals surface area contributed by atoms with Crippen LogP contribution in [0.5, 0.6) is 5.75 Å². The molecular formula is C13H15NO7. The van der Waals surface area contributed by atoms with Crippen molar-refractivity contribution in [1.82, 2.24) is 0 Å². The van der Waals surface area contributed by atoms with Gasteiger partial charge in [0, 0.05) is 6.92 Å². The summed E-state index contributed by atoms with van der Waals surface area (Å²) in [7, 11) is 0. The topological polar surface area (TPSA) is 116 Å². The predicted molar refractivity (Wildman–Crippen MR) is 70.4 cm³/mol. The Kier molecular flexibility index (Phi) is 5.65. The molecule has 1 N–H and O–H groups in total. The number of esters is 1. The minimum Gasteiger partial charge on any atom is -0.478 e. The third-order valence-corrected chi connectivity index (χ3v) is 2.63. The van der Waals surface area contributed by atoms with Crippen LogP contribution in [0.25, 0.3) is 0 Å². The van der Waals surface area contributed by atoms with Gasteiger partial charge in [-0.15, -0.1) is 10.1 Å². The molecule has 0 radical (unpaired) electrons. The number of carbonyl (C=O) groups excluding carboxylic acids is 1. The number of benzene rings is 1. The highest BCUT2D eigenvalue weighted by molar-refractivity contribution is 5.92. The molecule has 0 aromatic heterocycles. The van der Waals surface area contributed by atoms with Crippen molar-refractivity contribution in [3.05, 3.63) is 39.4 Å². The van der Waals surface area contributed by atoms with Crippen molar-refractivity contribution < 1.29 is 29.4 Å². The quantitative estimate of drug-likeness (QED) is 0.355. The zero-order valence-corrected chi connectivity index (χ0v) is 11.6. The molecule has 0 aliphatic carbocycles. The largest absolute Gasteiger partial charge is 0.478 e. The molecule has 1 rings (SSSR count). The summed E-state index contributed by atoms with van der Waals surface area (Å²) in [4.78, 5) is 37.1. The Morgan fingerprint density at radius 3 is 2.57 bits per heavy atom. The summed E-state index contributed by atoms with van der Waals surface area (Å²) in [5.41, 5.74) is 0.167. The molecule has 0 fully saturated rings. The number of hydrogen-bond donors (Lipinski definition) is 1. The SMILES string of the molecule is CCCC(O[N+](=O)[O-])c1ccc(C(=O)O)c(OC(C)=O)c1. The van der Waals surface area contributed by atoms with Gasteiger partial charge in [-0.3, -0.25) is 4.79 Å². The standard InChI is InChI=1S/C13H15NO7/c1-3-4-11(21-14(18)19)9-5-6-10(13(16)17)12(7-9)20-8(2)15/h5-7,11H,3-4H2,1-2H3,(H,16,17). The van der Waals surface area contributed by atoms with Gasteiger partial charge < -0.3 is 14.7 Å². The molecule has 0 spiro atoms. The summed E-state index contributed by atoms with van der Waals surface area (Å²) in [6.45, 7) is 2.96. The Hall–Kier alpha value is -2.64. The summed E-state index contributed by atoms with van der Waals surface area (Å²) < 4.78 is 4.84. The Bertz CT molecular complexity index is 555. The van der Waals surface area contributed by atoms with E-state index in [9.17, 15) is 19.7 Å². The fourth-order valence-corrected chi connectivity index (χ4v) is 1.80. The molecule has 1 aromatic rings. The normalized spacial score (nSPS) is 11.5. The first-order chi connectivity index (χ1) is 9.85. The molecule has 114 valence electrons. The van der Waals surface area contributed by atoms with E-state index >= 15 is 0 Å². The summed E-state index contributed by atoms with van der Waals surface area (Å²) in [6.07, 6.45) is 0.150. The van der Waals surface area contributed by atoms with E-state index in [0.717, 1.165) is 6.92 Å². The molecule has 1 unspecified atom stereocenters. The molecule has 0 bridgehead atoms. The zero-order chi connectivity index (χ0) is 16.0. The van der Waals surface area contributed by atoms with E-state index in [1.165, 1.54) is 18.2 Å². The van der Waals surface area contributed by atoms with E-state index < -0.39 is 23.1 Å². The van der Waals surface area contributed by atoms with Gasteiger partial charge in [-0.2, -0.15) is 0 Å². The van der Waals surface area contributed by atoms with Gasteiger partial charge in [0.15, 0.2) is 0 Å². The molecule has 8 nitrogen and oxygen atoms in total. The third kappa shape index (κ3) is 4.75. The fourth-order valence-electron chi connectivity index (χ4n) is 1.80. The number of aromatic carboxylic acids is 1. The average Bonchev–Trinajstić information content (AvgIpc) is 2.36. The van der Waals surface area contributed by atoms with Crippen LogP contribution in [0.3, 0.4) is 0 Å². The van der Waals surface area contributed by atoms with Gasteiger partial charge in [0.25, 0.3) is 5.09 Å². The molecule has 8 heteroatoms. The molecule has 0 saturated heterocycles. The number of ether oxygens (including phenoxy) is 1. The molecule has 21 heavy (non-hydrogen) atoms. The Balaban J connectivity index is 3.20. The second-order valence-corrected chi connectivity index (χ2v) is 4.26. The Morgan fingerprint density at radius 2 is 2.10 bits per heavy atom. The molecule has 0 saturated carbocycles. The Morgan fingerprint density at radius 1 is 1.43 bits per heavy atom. The van der Waals surface area contributed by atoms with Gasteiger partial charge in [0.1, 0.15) is 17.4 Å². The molecular weight excluding hydrogens is 282 g/mol. The lowest BCUT2D eigenvalue weighted by molar-refractivity contribution is -0.771. The van der Waals surface area contributed by atoms with Crippen LogP contribution in [0.4, 0.5) is 0 Å². The van der Waals surface area contributed by atoms with Crippen molar-refractivity contribution in [2.75, 3.05) is 0 Å². The Labute approximate surface area is 120 Å². The number of carboxylic acids is 1. The van der Waals surface area contributed by atoms with Crippen molar-refractivity contribution >= 4 is 11.9 Å². The second-order valence-electron chi connectivity index (χ2n) is 4.26. The predicted octanol–water partition coefficient (Wildman–Crippen LogP) is 2.36. The van der Waals surface area contributed by atoms with Crippen molar-refractivity contribution in [1.29, 1.82) is 0 Å². The van der Waals surface area contributed by atoms with E-state index in [1.807, 2.05) is 6.92 Å². The maximum Gasteiger partial charge on any atom is 0.339 e. The zero-order valence-electron chi connectivity index (χ0n) is 11.6. The number of hydrogen-bond acceptors (Lipinski definition) is 6. The fraction of sp³-hybridized carbons (Fsp3) is 0.385. The van der Waals surface area contributed by atoms with Crippen molar-refractivity contribution in [2.24, 2.45) is 0 Å². The van der Waals surface area contributed by atoms with Gasteiger partial charge in [-0.1, -0.05) is 19.4 Å². The lowest BCUT2D eigenvalue weighted by atomic mass is 10.0. The van der Waals surface area contributed by atoms with Gasteiger partial charge in [0.05, 0.1) is 0 Å². The lowest BCUT2D eigenvalue weighted by Gasteiger charge is -2.16. The van der Waals surface area contributed by atoms with Crippen LogP contribution in [0.2, 0.25) is 0 Å². The van der Waals surface area contributed by atoms with Crippen LogP contribution in [-0.4, -0.2) is 22.1 Å². The van der Waals surface area contributed by atoms with Crippen LogP contribution in [0.15, 0.2) is 18.2 Å². The molecule has 0 amide bonds. The second kappa shape index (κ2) is 7.22. The highest BCUT2D eigenvalue weighted by Gasteiger charge is 2.20. The first-order valence-corrected chi connectivity index (χ1v) is 6.22. The first-order valence-electron chi connectivity index (χ1n) is 6.22. The van der Waals surface area contributed by atoms with Gasteiger partial charge in [-0.05, 0) is 24.1 Å². The van der Waals surface area contributed by atoms with Crippen LogP contribution in [0.1, 0.15) is 48.7 Å². The summed E-state index contributed by atoms with van der Waals surface area (Å²) >= 11 is 0. The molecule has 0 aliphatic rings. The summed E-state index contributed by atoms with van der Waals surface area (Å²) in [5.74, 6) is -2.11. The van der Waals surface area contributed by atoms with Gasteiger partial charge in [0.2, 0.25) is 0 Å². The summed E-state index contributed by atoms with van der Waals surface area (Å²) in [6, 6.07) is 3.90. The number of carboxylic acid groups (broad SMARTS) is 1. The monoisotopic (exact) mass is 297 g/mol. The maximum absolute atomic E-state index is 11.1. The minimum absolute atomic E-state index is 0.166. The van der Waals surface area contributed by atoms with Crippen LogP contribution in [0, 0.1) is 10.1 Å². The van der Waals surface area contributed by atoms with Crippen LogP contribution >= 0.6 is 0 Å². The minimum atomic E-state index is -1.26. The van der Waals surface area contributed by atoms with E-state index in [4.69, 9.17) is 9.84 Å². The van der Waals surface area contributed by atoms with Crippen molar-refractivity contribution in [3.8, 4) is 5.75 Å². The van der Waals surface area contributed by atoms with E-state index in [-0.39, 0.29) is 11.3 Å². The van der Waals surface area contributed by atoms with Crippen LogP contribution < -0.4 is 4.74 Å². The van der Waals surface area contributed by atoms with E-state index in [2.05, 4.69) is 4.84 Å². The number of carbonyl (C=O) groups is 2. The highest BCUT2D eigenvalue weighted by atomic mass is 17.0. The first kappa shape index (κ1) is 16.4. The lowest BCUT2D eigenvalue weighted by Crippen LogP contribution is -2.12. The van der Waals surface area contributed by atoms with Gasteiger partial charge >= 0.3 is 11.9 Å². The smallest absolute Gasteiger partial charge is 0.339 e. The molecule has 1 atom stereocenters. The van der Waals surface area contributed by atoms with Crippen molar-refractivity contribution in [2.45, 2.75) is 32.8 Å². The average molecular weight is 297 g/mol. The number of rotatable bonds is 7. The third-order valence-electron chi connectivity index (χ3n) is 2.63. The van der Waals surface area contributed by atoms with Crippen molar-refractivity contribution in [3.63, 3.8) is 0 Å². The van der Waals surface area contributed by atoms with Crippen LogP contribution in [-0.2, 0) is 9.63 Å². The van der Waals surface area contributed by atoms with E-state index in [0.29, 0.717) is 18.4 Å². The van der Waals surface area contributed by atoms with E-state index in [1.54, 1.807) is 0 Å². The molecule has 0 aliphatic heterocycles. The molecule has 0 heterocycles. The maximum atomic E-state index is 11.1. The highest BCUT2D eigenvalue weighted by Crippen LogP contribution is 2.29. The summed E-state index contributed by atoms with van der Waals surface area (Å²) in [5, 5.41) is 18.6. The molecule has 1 aromatic carbocycles. The number of nitrogens with zero attached hydrogens (tertiary/aromatic N) is 1.